The lowest BCUT2D eigenvalue weighted by Gasteiger charge is -2.19. The summed E-state index contributed by atoms with van der Waals surface area (Å²) < 4.78 is 81.5. The van der Waals surface area contributed by atoms with E-state index in [0.29, 0.717) is 17.6 Å². The summed E-state index contributed by atoms with van der Waals surface area (Å²) in [6.45, 7) is 2.99. The standard InChI is InChI=1S/C19H21F3O8S/c1-10(6-8-14(23)27-3)5-7-12-16(28-4)11(2)13-9-29-18(24)15(13)17(12)30-31(25,26)19(20,21)22/h5H,6-9H2,1-4H3/b10-5+. The summed E-state index contributed by atoms with van der Waals surface area (Å²) in [6, 6.07) is 0. The number of esters is 2. The first-order valence-electron chi connectivity index (χ1n) is 8.96. The van der Waals surface area contributed by atoms with Crippen LogP contribution >= 0.6 is 0 Å². The minimum absolute atomic E-state index is 0.0668. The Bertz CT molecular complexity index is 1030. The molecule has 0 saturated heterocycles. The van der Waals surface area contributed by atoms with Gasteiger partial charge in [0.05, 0.1) is 14.2 Å². The number of carbonyl (C=O) groups is 2. The van der Waals surface area contributed by atoms with Gasteiger partial charge in [-0.2, -0.15) is 21.6 Å². The molecule has 0 spiro atoms. The third kappa shape index (κ3) is 5.12. The van der Waals surface area contributed by atoms with Crippen LogP contribution in [0.1, 0.15) is 46.8 Å². The van der Waals surface area contributed by atoms with Gasteiger partial charge in [-0.15, -0.1) is 0 Å². The van der Waals surface area contributed by atoms with E-state index in [1.807, 2.05) is 0 Å². The van der Waals surface area contributed by atoms with Gasteiger partial charge in [0, 0.05) is 17.5 Å². The van der Waals surface area contributed by atoms with Crippen LogP contribution in [0.15, 0.2) is 11.6 Å². The Hall–Kier alpha value is -2.76. The van der Waals surface area contributed by atoms with Crippen molar-refractivity contribution in [1.29, 1.82) is 0 Å². The van der Waals surface area contributed by atoms with E-state index in [-0.39, 0.29) is 41.9 Å². The molecule has 0 N–H and O–H groups in total. The van der Waals surface area contributed by atoms with E-state index in [0.717, 1.165) is 0 Å². The summed E-state index contributed by atoms with van der Waals surface area (Å²) >= 11 is 0. The number of hydrogen-bond acceptors (Lipinski definition) is 8. The van der Waals surface area contributed by atoms with Crippen molar-refractivity contribution in [3.05, 3.63) is 33.9 Å². The monoisotopic (exact) mass is 466 g/mol. The Kier molecular flexibility index (Phi) is 7.25. The van der Waals surface area contributed by atoms with Crippen LogP contribution in [0.2, 0.25) is 0 Å². The minimum Gasteiger partial charge on any atom is -0.496 e. The Morgan fingerprint density at radius 2 is 1.84 bits per heavy atom. The Labute approximate surface area is 177 Å². The zero-order valence-electron chi connectivity index (χ0n) is 17.2. The molecule has 1 aromatic rings. The van der Waals surface area contributed by atoms with E-state index in [2.05, 4.69) is 8.92 Å². The maximum absolute atomic E-state index is 13.0. The molecular formula is C19H21F3O8S. The fraction of sp³-hybridized carbons (Fsp3) is 0.474. The first-order chi connectivity index (χ1) is 14.3. The number of ether oxygens (including phenoxy) is 3. The third-order valence-corrected chi connectivity index (χ3v) is 5.66. The molecule has 12 heteroatoms. The summed E-state index contributed by atoms with van der Waals surface area (Å²) in [5.74, 6) is -2.15. The van der Waals surface area contributed by atoms with Gasteiger partial charge in [0.2, 0.25) is 0 Å². The van der Waals surface area contributed by atoms with Crippen LogP contribution in [0.25, 0.3) is 0 Å². The summed E-state index contributed by atoms with van der Waals surface area (Å²) in [7, 11) is -3.57. The predicted molar refractivity (Wildman–Crippen MR) is 101 cm³/mol. The zero-order valence-corrected chi connectivity index (χ0v) is 18.0. The molecule has 1 aliphatic rings. The van der Waals surface area contributed by atoms with Crippen LogP contribution in [-0.2, 0) is 37.4 Å². The second kappa shape index (κ2) is 9.16. The van der Waals surface area contributed by atoms with Crippen molar-refractivity contribution >= 4 is 22.1 Å². The van der Waals surface area contributed by atoms with Gasteiger partial charge < -0.3 is 18.4 Å². The van der Waals surface area contributed by atoms with Crippen molar-refractivity contribution in [1.82, 2.24) is 0 Å². The summed E-state index contributed by atoms with van der Waals surface area (Å²) in [6.07, 6.45) is 1.83. The van der Waals surface area contributed by atoms with Crippen molar-refractivity contribution < 1.29 is 49.6 Å². The second-order valence-electron chi connectivity index (χ2n) is 6.71. The molecule has 0 saturated carbocycles. The normalized spacial score (nSPS) is 14.2. The highest BCUT2D eigenvalue weighted by Gasteiger charge is 2.50. The fourth-order valence-electron chi connectivity index (χ4n) is 3.04. The van der Waals surface area contributed by atoms with Crippen molar-refractivity contribution in [3.63, 3.8) is 0 Å². The number of halogens is 3. The molecule has 2 rings (SSSR count). The van der Waals surface area contributed by atoms with Crippen LogP contribution in [0.3, 0.4) is 0 Å². The first kappa shape index (κ1) is 24.5. The lowest BCUT2D eigenvalue weighted by molar-refractivity contribution is -0.140. The number of fused-ring (bicyclic) bond motifs is 1. The molecule has 0 amide bonds. The molecular weight excluding hydrogens is 445 g/mol. The van der Waals surface area contributed by atoms with E-state index in [1.165, 1.54) is 14.2 Å². The number of methoxy groups -OCH3 is 2. The molecule has 0 aromatic heterocycles. The molecule has 0 bridgehead atoms. The molecule has 1 heterocycles. The maximum atomic E-state index is 13.0. The van der Waals surface area contributed by atoms with Gasteiger partial charge in [0.15, 0.2) is 5.75 Å². The first-order valence-corrected chi connectivity index (χ1v) is 10.4. The van der Waals surface area contributed by atoms with Gasteiger partial charge in [-0.05, 0) is 32.3 Å². The Morgan fingerprint density at radius 3 is 2.39 bits per heavy atom. The molecule has 0 radical (unpaired) electrons. The topological polar surface area (TPSA) is 105 Å². The van der Waals surface area contributed by atoms with E-state index in [9.17, 15) is 31.2 Å². The molecule has 0 aliphatic carbocycles. The third-order valence-electron chi connectivity index (χ3n) is 4.71. The lowest BCUT2D eigenvalue weighted by atomic mass is 9.94. The molecule has 1 aliphatic heterocycles. The molecule has 0 atom stereocenters. The maximum Gasteiger partial charge on any atom is 0.534 e. The Morgan fingerprint density at radius 1 is 1.19 bits per heavy atom. The second-order valence-corrected chi connectivity index (χ2v) is 8.25. The summed E-state index contributed by atoms with van der Waals surface area (Å²) in [4.78, 5) is 23.5. The number of allylic oxidation sites excluding steroid dienone is 2. The molecule has 0 fully saturated rings. The van der Waals surface area contributed by atoms with Crippen molar-refractivity contribution in [2.75, 3.05) is 14.2 Å². The highest BCUT2D eigenvalue weighted by molar-refractivity contribution is 7.88. The van der Waals surface area contributed by atoms with Crippen LogP contribution in [0.5, 0.6) is 11.5 Å². The van der Waals surface area contributed by atoms with Crippen LogP contribution in [0.4, 0.5) is 13.2 Å². The van der Waals surface area contributed by atoms with Crippen LogP contribution in [-0.4, -0.2) is 40.1 Å². The van der Waals surface area contributed by atoms with Gasteiger partial charge >= 0.3 is 27.6 Å². The summed E-state index contributed by atoms with van der Waals surface area (Å²) in [5.41, 5.74) is -4.88. The number of cyclic esters (lactones) is 1. The number of alkyl halides is 3. The van der Waals surface area contributed by atoms with Crippen molar-refractivity contribution in [2.45, 2.75) is 45.2 Å². The molecule has 0 unspecified atom stereocenters. The molecule has 31 heavy (non-hydrogen) atoms. The van der Waals surface area contributed by atoms with E-state index < -0.39 is 33.3 Å². The van der Waals surface area contributed by atoms with E-state index >= 15 is 0 Å². The smallest absolute Gasteiger partial charge is 0.496 e. The van der Waals surface area contributed by atoms with Gasteiger partial charge in [0.1, 0.15) is 17.9 Å². The van der Waals surface area contributed by atoms with Gasteiger partial charge in [0.25, 0.3) is 0 Å². The number of hydrogen-bond donors (Lipinski definition) is 0. The van der Waals surface area contributed by atoms with Gasteiger partial charge in [-0.25, -0.2) is 4.79 Å². The number of carbonyl (C=O) groups excluding carboxylic acids is 2. The quantitative estimate of drug-likeness (QED) is 0.249. The highest BCUT2D eigenvalue weighted by Crippen LogP contribution is 2.44. The average molecular weight is 466 g/mol. The minimum atomic E-state index is -6.06. The zero-order chi connectivity index (χ0) is 23.6. The summed E-state index contributed by atoms with van der Waals surface area (Å²) in [5, 5.41) is 0. The Balaban J connectivity index is 2.60. The molecule has 1 aromatic carbocycles. The number of benzene rings is 1. The van der Waals surface area contributed by atoms with Crippen LogP contribution in [0, 0.1) is 6.92 Å². The van der Waals surface area contributed by atoms with Crippen molar-refractivity contribution in [2.24, 2.45) is 0 Å². The number of rotatable bonds is 8. The van der Waals surface area contributed by atoms with Crippen molar-refractivity contribution in [3.8, 4) is 11.5 Å². The largest absolute Gasteiger partial charge is 0.534 e. The SMILES string of the molecule is COC(=O)CC/C(C)=C/Cc1c(OC)c(C)c2c(c1OS(=O)(=O)C(F)(F)F)C(=O)OC2. The van der Waals surface area contributed by atoms with Gasteiger partial charge in [-0.1, -0.05) is 11.6 Å². The fourth-order valence-corrected chi connectivity index (χ4v) is 3.54. The molecule has 8 nitrogen and oxygen atoms in total. The predicted octanol–water partition coefficient (Wildman–Crippen LogP) is 3.34. The highest BCUT2D eigenvalue weighted by atomic mass is 32.2. The van der Waals surface area contributed by atoms with E-state index in [4.69, 9.17) is 9.47 Å². The van der Waals surface area contributed by atoms with E-state index in [1.54, 1.807) is 19.9 Å². The molecule has 172 valence electrons. The lowest BCUT2D eigenvalue weighted by Crippen LogP contribution is -2.29. The average Bonchev–Trinajstić information content (AvgIpc) is 3.07. The van der Waals surface area contributed by atoms with Gasteiger partial charge in [-0.3, -0.25) is 4.79 Å². The van der Waals surface area contributed by atoms with Crippen LogP contribution < -0.4 is 8.92 Å².